The quantitative estimate of drug-likeness (QED) is 0.867. The summed E-state index contributed by atoms with van der Waals surface area (Å²) in [5, 5.41) is 0.335. The Bertz CT molecular complexity index is 415. The van der Waals surface area contributed by atoms with Crippen molar-refractivity contribution in [1.29, 1.82) is 0 Å². The largest absolute Gasteiger partial charge is 0.330 e. The normalized spacial score (nSPS) is 19.9. The van der Waals surface area contributed by atoms with Gasteiger partial charge in [0.2, 0.25) is 0 Å². The van der Waals surface area contributed by atoms with Crippen LogP contribution in [-0.2, 0) is 6.54 Å². The first-order valence-corrected chi connectivity index (χ1v) is 6.42. The van der Waals surface area contributed by atoms with Crippen LogP contribution in [0.3, 0.4) is 0 Å². The van der Waals surface area contributed by atoms with Crippen LogP contribution in [0, 0.1) is 11.7 Å². The Morgan fingerprint density at radius 1 is 1.33 bits per heavy atom. The first-order chi connectivity index (χ1) is 8.11. The van der Waals surface area contributed by atoms with Crippen molar-refractivity contribution in [3.05, 3.63) is 33.6 Å². The Hall–Kier alpha value is -0.0600. The molecule has 1 atom stereocenters. The molecule has 0 spiro atoms. The predicted octanol–water partition coefficient (Wildman–Crippen LogP) is 3.33. The summed E-state index contributed by atoms with van der Waals surface area (Å²) < 4.78 is 13.1. The molecule has 2 N–H and O–H groups in total. The van der Waals surface area contributed by atoms with Crippen LogP contribution >= 0.6 is 35.6 Å². The van der Waals surface area contributed by atoms with E-state index in [4.69, 9.17) is 28.9 Å². The number of benzene rings is 1. The first kappa shape index (κ1) is 16.0. The van der Waals surface area contributed by atoms with E-state index in [1.165, 1.54) is 6.07 Å². The van der Waals surface area contributed by atoms with Crippen LogP contribution in [0.4, 0.5) is 4.39 Å². The molecule has 0 amide bonds. The number of hydrogen-bond acceptors (Lipinski definition) is 2. The number of hydrogen-bond donors (Lipinski definition) is 1. The van der Waals surface area contributed by atoms with Crippen molar-refractivity contribution in [2.75, 3.05) is 19.6 Å². The average molecular weight is 314 g/mol. The molecule has 0 aromatic heterocycles. The Kier molecular flexibility index (Phi) is 6.15. The molecule has 2 nitrogen and oxygen atoms in total. The molecule has 0 saturated carbocycles. The van der Waals surface area contributed by atoms with Crippen molar-refractivity contribution in [3.63, 3.8) is 0 Å². The molecule has 1 unspecified atom stereocenters. The molecule has 1 aromatic carbocycles. The zero-order chi connectivity index (χ0) is 12.4. The van der Waals surface area contributed by atoms with E-state index in [0.717, 1.165) is 25.1 Å². The van der Waals surface area contributed by atoms with Crippen molar-refractivity contribution < 1.29 is 4.39 Å². The van der Waals surface area contributed by atoms with E-state index in [0.29, 0.717) is 24.0 Å². The van der Waals surface area contributed by atoms with Crippen LogP contribution in [0.15, 0.2) is 12.1 Å². The Balaban J connectivity index is 0.00000162. The van der Waals surface area contributed by atoms with E-state index in [1.807, 2.05) is 0 Å². The van der Waals surface area contributed by atoms with Crippen LogP contribution < -0.4 is 5.73 Å². The zero-order valence-corrected chi connectivity index (χ0v) is 12.2. The number of likely N-dealkylation sites (tertiary alicyclic amines) is 1. The summed E-state index contributed by atoms with van der Waals surface area (Å²) in [6, 6.07) is 3.05. The van der Waals surface area contributed by atoms with Gasteiger partial charge in [-0.25, -0.2) is 4.39 Å². The lowest BCUT2D eigenvalue weighted by atomic mass is 10.1. The number of halogens is 4. The monoisotopic (exact) mass is 312 g/mol. The molecule has 1 heterocycles. The van der Waals surface area contributed by atoms with Gasteiger partial charge < -0.3 is 5.73 Å². The second-order valence-electron chi connectivity index (χ2n) is 4.46. The Labute approximate surface area is 123 Å². The van der Waals surface area contributed by atoms with Gasteiger partial charge in [0.05, 0.1) is 10.0 Å². The maximum Gasteiger partial charge on any atom is 0.143 e. The van der Waals surface area contributed by atoms with Gasteiger partial charge in [-0.2, -0.15) is 0 Å². The molecular formula is C12H16Cl3FN2. The number of nitrogens with two attached hydrogens (primary N) is 1. The van der Waals surface area contributed by atoms with Gasteiger partial charge in [-0.1, -0.05) is 29.3 Å². The Morgan fingerprint density at radius 3 is 2.67 bits per heavy atom. The molecule has 2 rings (SSSR count). The number of nitrogens with zero attached hydrogens (tertiary/aromatic N) is 1. The Morgan fingerprint density at radius 2 is 2.06 bits per heavy atom. The third-order valence-corrected chi connectivity index (χ3v) is 4.11. The van der Waals surface area contributed by atoms with Crippen molar-refractivity contribution in [2.24, 2.45) is 11.7 Å². The van der Waals surface area contributed by atoms with Gasteiger partial charge in [0.25, 0.3) is 0 Å². The SMILES string of the molecule is Cl.NCC1CCN(Cc2ccc(F)c(Cl)c2Cl)C1. The van der Waals surface area contributed by atoms with Gasteiger partial charge in [0.15, 0.2) is 0 Å². The van der Waals surface area contributed by atoms with Gasteiger partial charge in [-0.05, 0) is 37.1 Å². The molecule has 0 aliphatic carbocycles. The molecule has 1 saturated heterocycles. The minimum Gasteiger partial charge on any atom is -0.330 e. The summed E-state index contributed by atoms with van der Waals surface area (Å²) in [7, 11) is 0. The summed E-state index contributed by atoms with van der Waals surface area (Å²) in [6.45, 7) is 3.40. The average Bonchev–Trinajstić information content (AvgIpc) is 2.78. The lowest BCUT2D eigenvalue weighted by Gasteiger charge is -2.17. The zero-order valence-electron chi connectivity index (χ0n) is 9.83. The highest BCUT2D eigenvalue weighted by Crippen LogP contribution is 2.30. The molecule has 0 radical (unpaired) electrons. The summed E-state index contributed by atoms with van der Waals surface area (Å²) in [4.78, 5) is 2.27. The molecule has 0 bridgehead atoms. The fourth-order valence-electron chi connectivity index (χ4n) is 2.18. The molecule has 18 heavy (non-hydrogen) atoms. The summed E-state index contributed by atoms with van der Waals surface area (Å²) in [6.07, 6.45) is 1.11. The smallest absolute Gasteiger partial charge is 0.143 e. The summed E-state index contributed by atoms with van der Waals surface area (Å²) in [5.41, 5.74) is 6.51. The van der Waals surface area contributed by atoms with Crippen molar-refractivity contribution in [1.82, 2.24) is 4.90 Å². The van der Waals surface area contributed by atoms with Gasteiger partial charge in [0.1, 0.15) is 5.82 Å². The highest BCUT2D eigenvalue weighted by molar-refractivity contribution is 6.42. The molecule has 6 heteroatoms. The van der Waals surface area contributed by atoms with Crippen LogP contribution in [0.1, 0.15) is 12.0 Å². The minimum absolute atomic E-state index is 0. The fourth-order valence-corrected chi connectivity index (χ4v) is 2.58. The maximum absolute atomic E-state index is 13.1. The second-order valence-corrected chi connectivity index (χ2v) is 5.22. The van der Waals surface area contributed by atoms with Crippen molar-refractivity contribution >= 4 is 35.6 Å². The first-order valence-electron chi connectivity index (χ1n) is 5.66. The van der Waals surface area contributed by atoms with Crippen LogP contribution in [0.5, 0.6) is 0 Å². The van der Waals surface area contributed by atoms with Crippen LogP contribution in [-0.4, -0.2) is 24.5 Å². The van der Waals surface area contributed by atoms with Gasteiger partial charge in [-0.3, -0.25) is 4.90 Å². The van der Waals surface area contributed by atoms with Crippen LogP contribution in [0.25, 0.3) is 0 Å². The molecule has 1 aromatic rings. The van der Waals surface area contributed by atoms with E-state index in [2.05, 4.69) is 4.90 Å². The van der Waals surface area contributed by atoms with E-state index < -0.39 is 5.82 Å². The summed E-state index contributed by atoms with van der Waals surface area (Å²) in [5.74, 6) is 0.0892. The van der Waals surface area contributed by atoms with E-state index in [9.17, 15) is 4.39 Å². The van der Waals surface area contributed by atoms with Gasteiger partial charge >= 0.3 is 0 Å². The lowest BCUT2D eigenvalue weighted by Crippen LogP contribution is -2.23. The van der Waals surface area contributed by atoms with E-state index in [-0.39, 0.29) is 17.4 Å². The van der Waals surface area contributed by atoms with Gasteiger partial charge in [0, 0.05) is 13.1 Å². The third kappa shape index (κ3) is 3.49. The molecule has 1 aliphatic heterocycles. The standard InChI is InChI=1S/C12H15Cl2FN2.ClH/c13-11-9(1-2-10(15)12(11)14)7-17-4-3-8(5-16)6-17;/h1-2,8H,3-7,16H2;1H. The third-order valence-electron chi connectivity index (χ3n) is 3.21. The van der Waals surface area contributed by atoms with Gasteiger partial charge in [-0.15, -0.1) is 12.4 Å². The highest BCUT2D eigenvalue weighted by atomic mass is 35.5. The fraction of sp³-hybridized carbons (Fsp3) is 0.500. The topological polar surface area (TPSA) is 29.3 Å². The number of rotatable bonds is 3. The highest BCUT2D eigenvalue weighted by Gasteiger charge is 2.22. The second kappa shape index (κ2) is 6.92. The predicted molar refractivity (Wildman–Crippen MR) is 76.1 cm³/mol. The molecule has 1 fully saturated rings. The van der Waals surface area contributed by atoms with E-state index in [1.54, 1.807) is 6.07 Å². The van der Waals surface area contributed by atoms with Crippen molar-refractivity contribution in [3.8, 4) is 0 Å². The maximum atomic E-state index is 13.1. The molecule has 1 aliphatic rings. The summed E-state index contributed by atoms with van der Waals surface area (Å²) >= 11 is 11.8. The minimum atomic E-state index is -0.471. The molecular weight excluding hydrogens is 298 g/mol. The van der Waals surface area contributed by atoms with Crippen LogP contribution in [0.2, 0.25) is 10.0 Å². The van der Waals surface area contributed by atoms with E-state index >= 15 is 0 Å². The molecule has 102 valence electrons. The lowest BCUT2D eigenvalue weighted by molar-refractivity contribution is 0.318. The van der Waals surface area contributed by atoms with Crippen molar-refractivity contribution in [2.45, 2.75) is 13.0 Å².